The topological polar surface area (TPSA) is 59.2 Å². The second-order valence-electron chi connectivity index (χ2n) is 6.60. The molecule has 4 nitrogen and oxygen atoms in total. The van der Waals surface area contributed by atoms with E-state index in [-0.39, 0.29) is 11.8 Å². The first-order valence-electron chi connectivity index (χ1n) is 8.71. The normalized spacial score (nSPS) is 15.4. The van der Waals surface area contributed by atoms with Crippen LogP contribution in [0.25, 0.3) is 22.2 Å². The van der Waals surface area contributed by atoms with Gasteiger partial charge in [-0.2, -0.15) is 0 Å². The molecule has 126 valence electrons. The van der Waals surface area contributed by atoms with Crippen LogP contribution in [0.2, 0.25) is 0 Å². The van der Waals surface area contributed by atoms with Crippen LogP contribution in [0.5, 0.6) is 0 Å². The van der Waals surface area contributed by atoms with Crippen molar-refractivity contribution in [3.8, 4) is 11.3 Å². The molecule has 1 aliphatic rings. The van der Waals surface area contributed by atoms with Crippen molar-refractivity contribution in [1.29, 1.82) is 0 Å². The van der Waals surface area contributed by atoms with Crippen molar-refractivity contribution in [1.82, 2.24) is 4.98 Å². The predicted molar refractivity (Wildman–Crippen MR) is 101 cm³/mol. The van der Waals surface area contributed by atoms with Crippen molar-refractivity contribution in [2.24, 2.45) is 11.7 Å². The smallest absolute Gasteiger partial charge is 0.220 e. The van der Waals surface area contributed by atoms with Crippen LogP contribution in [-0.2, 0) is 4.79 Å². The highest BCUT2D eigenvalue weighted by atomic mass is 16.1. The summed E-state index contributed by atoms with van der Waals surface area (Å²) in [6.45, 7) is 1.74. The lowest BCUT2D eigenvalue weighted by Crippen LogP contribution is -2.38. The van der Waals surface area contributed by atoms with Gasteiger partial charge in [0.15, 0.2) is 0 Å². The maximum atomic E-state index is 11.3. The summed E-state index contributed by atoms with van der Waals surface area (Å²) in [6.07, 6.45) is 1.66. The number of amides is 1. The molecule has 0 radical (unpaired) electrons. The average Bonchev–Trinajstić information content (AvgIpc) is 2.68. The first kappa shape index (κ1) is 15.6. The Morgan fingerprint density at radius 2 is 1.76 bits per heavy atom. The largest absolute Gasteiger partial charge is 0.371 e. The lowest BCUT2D eigenvalue weighted by molar-refractivity contribution is -0.122. The number of carbonyl (C=O) groups excluding carboxylic acids is 1. The van der Waals surface area contributed by atoms with Crippen LogP contribution in [0.4, 0.5) is 5.69 Å². The third-order valence-corrected chi connectivity index (χ3v) is 5.00. The van der Waals surface area contributed by atoms with Crippen molar-refractivity contribution in [3.05, 3.63) is 60.7 Å². The minimum Gasteiger partial charge on any atom is -0.371 e. The minimum atomic E-state index is -0.171. The first-order valence-corrected chi connectivity index (χ1v) is 8.71. The van der Waals surface area contributed by atoms with E-state index in [9.17, 15) is 4.79 Å². The van der Waals surface area contributed by atoms with Crippen LogP contribution >= 0.6 is 0 Å². The molecule has 0 unspecified atom stereocenters. The lowest BCUT2D eigenvalue weighted by Gasteiger charge is -2.32. The first-order chi connectivity index (χ1) is 12.2. The standard InChI is InChI=1S/C21H21N3O/c22-21(25)16-10-12-24(13-11-16)18-7-9-20-17(14-18)6-8-19(23-20)15-4-2-1-3-5-15/h1-9,14,16H,10-13H2,(H2,22,25). The second kappa shape index (κ2) is 6.55. The van der Waals surface area contributed by atoms with E-state index in [0.717, 1.165) is 48.1 Å². The Labute approximate surface area is 147 Å². The van der Waals surface area contributed by atoms with Crippen LogP contribution in [0.15, 0.2) is 60.7 Å². The number of carbonyl (C=O) groups is 1. The number of hydrogen-bond donors (Lipinski definition) is 1. The van der Waals surface area contributed by atoms with E-state index in [1.54, 1.807) is 0 Å². The van der Waals surface area contributed by atoms with Gasteiger partial charge in [0, 0.05) is 35.6 Å². The molecular formula is C21H21N3O. The van der Waals surface area contributed by atoms with Gasteiger partial charge in [-0.05, 0) is 37.1 Å². The van der Waals surface area contributed by atoms with E-state index in [2.05, 4.69) is 47.4 Å². The van der Waals surface area contributed by atoms with Crippen molar-refractivity contribution in [3.63, 3.8) is 0 Å². The number of anilines is 1. The van der Waals surface area contributed by atoms with Gasteiger partial charge in [-0.15, -0.1) is 0 Å². The zero-order chi connectivity index (χ0) is 17.2. The molecule has 1 saturated heterocycles. The molecule has 1 aromatic heterocycles. The van der Waals surface area contributed by atoms with Crippen molar-refractivity contribution in [2.75, 3.05) is 18.0 Å². The van der Waals surface area contributed by atoms with Crippen molar-refractivity contribution < 1.29 is 4.79 Å². The molecule has 0 bridgehead atoms. The molecule has 2 N–H and O–H groups in total. The summed E-state index contributed by atoms with van der Waals surface area (Å²) >= 11 is 0. The Hall–Kier alpha value is -2.88. The molecule has 0 saturated carbocycles. The summed E-state index contributed by atoms with van der Waals surface area (Å²) in [5.41, 5.74) is 9.72. The number of rotatable bonds is 3. The summed E-state index contributed by atoms with van der Waals surface area (Å²) in [7, 11) is 0. The summed E-state index contributed by atoms with van der Waals surface area (Å²) in [6, 6.07) is 20.8. The quantitative estimate of drug-likeness (QED) is 0.798. The van der Waals surface area contributed by atoms with Gasteiger partial charge in [0.05, 0.1) is 11.2 Å². The fraction of sp³-hybridized carbons (Fsp3) is 0.238. The Bertz CT molecular complexity index is 899. The van der Waals surface area contributed by atoms with E-state index in [0.29, 0.717) is 0 Å². The third-order valence-electron chi connectivity index (χ3n) is 5.00. The molecule has 1 fully saturated rings. The number of nitrogens with zero attached hydrogens (tertiary/aromatic N) is 2. The van der Waals surface area contributed by atoms with Crippen molar-refractivity contribution in [2.45, 2.75) is 12.8 Å². The number of pyridine rings is 1. The molecule has 2 heterocycles. The molecule has 4 rings (SSSR count). The van der Waals surface area contributed by atoms with Crippen LogP contribution < -0.4 is 10.6 Å². The Balaban J connectivity index is 1.58. The monoisotopic (exact) mass is 331 g/mol. The van der Waals surface area contributed by atoms with Crippen LogP contribution in [0.3, 0.4) is 0 Å². The summed E-state index contributed by atoms with van der Waals surface area (Å²) < 4.78 is 0. The number of hydrogen-bond acceptors (Lipinski definition) is 3. The Morgan fingerprint density at radius 3 is 2.48 bits per heavy atom. The van der Waals surface area contributed by atoms with Gasteiger partial charge < -0.3 is 10.6 Å². The maximum Gasteiger partial charge on any atom is 0.220 e. The van der Waals surface area contributed by atoms with Gasteiger partial charge >= 0.3 is 0 Å². The number of fused-ring (bicyclic) bond motifs is 1. The molecule has 3 aromatic rings. The molecule has 4 heteroatoms. The summed E-state index contributed by atoms with van der Waals surface area (Å²) in [5.74, 6) is -0.150. The van der Waals surface area contributed by atoms with Gasteiger partial charge in [0.25, 0.3) is 0 Å². The molecular weight excluding hydrogens is 310 g/mol. The number of benzene rings is 2. The molecule has 0 aliphatic carbocycles. The van der Waals surface area contributed by atoms with Gasteiger partial charge in [0.1, 0.15) is 0 Å². The zero-order valence-corrected chi connectivity index (χ0v) is 14.1. The molecule has 0 spiro atoms. The molecule has 25 heavy (non-hydrogen) atoms. The molecule has 1 aliphatic heterocycles. The van der Waals surface area contributed by atoms with Crippen molar-refractivity contribution >= 4 is 22.5 Å². The molecule has 0 atom stereocenters. The van der Waals surface area contributed by atoms with Gasteiger partial charge in [-0.1, -0.05) is 36.4 Å². The van der Waals surface area contributed by atoms with Gasteiger partial charge in [-0.3, -0.25) is 4.79 Å². The van der Waals surface area contributed by atoms with E-state index in [4.69, 9.17) is 10.7 Å². The second-order valence-corrected chi connectivity index (χ2v) is 6.60. The highest BCUT2D eigenvalue weighted by Crippen LogP contribution is 2.27. The maximum absolute atomic E-state index is 11.3. The Kier molecular flexibility index (Phi) is 4.10. The van der Waals surface area contributed by atoms with E-state index in [1.165, 1.54) is 5.69 Å². The minimum absolute atomic E-state index is 0.0202. The average molecular weight is 331 g/mol. The number of piperidine rings is 1. The predicted octanol–water partition coefficient (Wildman–Crippen LogP) is 3.60. The molecule has 2 aromatic carbocycles. The third kappa shape index (κ3) is 3.20. The number of nitrogens with two attached hydrogens (primary N) is 1. The zero-order valence-electron chi connectivity index (χ0n) is 14.1. The number of aromatic nitrogens is 1. The number of primary amides is 1. The van der Waals surface area contributed by atoms with Crippen LogP contribution in [0, 0.1) is 5.92 Å². The van der Waals surface area contributed by atoms with Gasteiger partial charge in [0.2, 0.25) is 5.91 Å². The summed E-state index contributed by atoms with van der Waals surface area (Å²) in [5, 5.41) is 1.13. The fourth-order valence-corrected chi connectivity index (χ4v) is 3.50. The van der Waals surface area contributed by atoms with Crippen LogP contribution in [0.1, 0.15) is 12.8 Å². The molecule has 1 amide bonds. The highest BCUT2D eigenvalue weighted by Gasteiger charge is 2.23. The van der Waals surface area contributed by atoms with E-state index >= 15 is 0 Å². The van der Waals surface area contributed by atoms with Gasteiger partial charge in [-0.25, -0.2) is 4.98 Å². The van der Waals surface area contributed by atoms with E-state index < -0.39 is 0 Å². The fourth-order valence-electron chi connectivity index (χ4n) is 3.50. The van der Waals surface area contributed by atoms with E-state index in [1.807, 2.05) is 18.2 Å². The van der Waals surface area contributed by atoms with Crippen LogP contribution in [-0.4, -0.2) is 24.0 Å². The lowest BCUT2D eigenvalue weighted by atomic mass is 9.96. The summed E-state index contributed by atoms with van der Waals surface area (Å²) in [4.78, 5) is 18.4. The Morgan fingerprint density at radius 1 is 1.00 bits per heavy atom. The SMILES string of the molecule is NC(=O)C1CCN(c2ccc3nc(-c4ccccc4)ccc3c2)CC1. The highest BCUT2D eigenvalue weighted by molar-refractivity contribution is 5.85.